The van der Waals surface area contributed by atoms with E-state index in [1.165, 1.54) is 6.08 Å². The van der Waals surface area contributed by atoms with E-state index < -0.39 is 4.92 Å². The summed E-state index contributed by atoms with van der Waals surface area (Å²) in [4.78, 5) is 11.4. The van der Waals surface area contributed by atoms with E-state index in [9.17, 15) is 10.1 Å². The average Bonchev–Trinajstić information content (AvgIpc) is 2.71. The first-order valence-corrected chi connectivity index (χ1v) is 9.65. The molecule has 0 atom stereocenters. The first kappa shape index (κ1) is 18.7. The number of hydrogen-bond acceptors (Lipinski definition) is 4. The van der Waals surface area contributed by atoms with Gasteiger partial charge in [0.1, 0.15) is 12.4 Å². The van der Waals surface area contributed by atoms with Crippen LogP contribution < -0.4 is 4.74 Å². The average molecular weight is 377 g/mol. The highest BCUT2D eigenvalue weighted by Crippen LogP contribution is 2.35. The van der Waals surface area contributed by atoms with Crippen LogP contribution in [-0.4, -0.2) is 11.2 Å². The molecule has 0 saturated carbocycles. The monoisotopic (exact) mass is 377 g/mol. The summed E-state index contributed by atoms with van der Waals surface area (Å²) < 4.78 is 5.94. The molecule has 136 valence electrons. The van der Waals surface area contributed by atoms with Crippen molar-refractivity contribution in [1.82, 2.24) is 0 Å². The van der Waals surface area contributed by atoms with Crippen LogP contribution in [-0.2, 0) is 6.61 Å². The van der Waals surface area contributed by atoms with E-state index in [2.05, 4.69) is 0 Å². The molecule has 4 nitrogen and oxygen atoms in total. The van der Waals surface area contributed by atoms with Crippen LogP contribution in [0.2, 0.25) is 0 Å². The predicted molar refractivity (Wildman–Crippen MR) is 110 cm³/mol. The summed E-state index contributed by atoms with van der Waals surface area (Å²) in [6, 6.07) is 23.6. The van der Waals surface area contributed by atoms with E-state index in [1.807, 2.05) is 79.1 Å². The van der Waals surface area contributed by atoms with Crippen molar-refractivity contribution in [3.63, 3.8) is 0 Å². The van der Waals surface area contributed by atoms with Gasteiger partial charge in [-0.15, -0.1) is 11.8 Å². The number of hydrogen-bond donors (Lipinski definition) is 0. The Labute approximate surface area is 162 Å². The molecule has 3 aromatic carbocycles. The van der Waals surface area contributed by atoms with Crippen LogP contribution in [0.4, 0.5) is 0 Å². The Kier molecular flexibility index (Phi) is 6.28. The summed E-state index contributed by atoms with van der Waals surface area (Å²) in [5.41, 5.74) is 3.79. The van der Waals surface area contributed by atoms with Crippen molar-refractivity contribution < 1.29 is 9.66 Å². The van der Waals surface area contributed by atoms with Gasteiger partial charge in [0.05, 0.1) is 4.92 Å². The van der Waals surface area contributed by atoms with Crippen LogP contribution in [0.1, 0.15) is 11.1 Å². The molecule has 0 N–H and O–H groups in total. The van der Waals surface area contributed by atoms with Gasteiger partial charge in [0, 0.05) is 11.0 Å². The van der Waals surface area contributed by atoms with Gasteiger partial charge in [-0.05, 0) is 46.7 Å². The molecular formula is C22H19NO3S. The van der Waals surface area contributed by atoms with Crippen LogP contribution in [0.5, 0.6) is 5.75 Å². The second-order valence-electron chi connectivity index (χ2n) is 5.82. The first-order chi connectivity index (χ1) is 13.2. The molecular weight excluding hydrogens is 358 g/mol. The van der Waals surface area contributed by atoms with Gasteiger partial charge in [-0.25, -0.2) is 0 Å². The second-order valence-corrected chi connectivity index (χ2v) is 6.67. The summed E-state index contributed by atoms with van der Waals surface area (Å²) in [7, 11) is 0. The molecule has 0 fully saturated rings. The Balaban J connectivity index is 1.97. The number of ether oxygens (including phenoxy) is 1. The van der Waals surface area contributed by atoms with Gasteiger partial charge in [-0.3, -0.25) is 10.1 Å². The zero-order chi connectivity index (χ0) is 19.1. The van der Waals surface area contributed by atoms with Crippen molar-refractivity contribution >= 4 is 17.8 Å². The molecule has 0 bridgehead atoms. The van der Waals surface area contributed by atoms with E-state index in [4.69, 9.17) is 4.74 Å². The highest BCUT2D eigenvalue weighted by molar-refractivity contribution is 7.98. The molecule has 5 heteroatoms. The highest BCUT2D eigenvalue weighted by Gasteiger charge is 2.10. The Morgan fingerprint density at radius 2 is 1.74 bits per heavy atom. The number of rotatable bonds is 7. The maximum atomic E-state index is 10.8. The topological polar surface area (TPSA) is 52.4 Å². The number of nitro groups is 1. The number of nitrogens with zero attached hydrogens (tertiary/aromatic N) is 1. The fraction of sp³-hybridized carbons (Fsp3) is 0.0909. The lowest BCUT2D eigenvalue weighted by Crippen LogP contribution is -1.96. The quantitative estimate of drug-likeness (QED) is 0.292. The SMILES string of the molecule is CSc1ccccc1-c1cc(OCc2ccccc2)ccc1C=C[N+](=O)[O-]. The Morgan fingerprint density at radius 1 is 1.00 bits per heavy atom. The Bertz CT molecular complexity index is 955. The van der Waals surface area contributed by atoms with E-state index in [1.54, 1.807) is 11.8 Å². The van der Waals surface area contributed by atoms with E-state index >= 15 is 0 Å². The molecule has 0 aromatic heterocycles. The standard InChI is InChI=1S/C22H19NO3S/c1-27-22-10-6-5-9-20(22)21-15-19(12-11-18(21)13-14-23(24)25)26-16-17-7-3-2-4-8-17/h2-15H,16H2,1H3. The minimum Gasteiger partial charge on any atom is -0.489 e. The number of benzene rings is 3. The van der Waals surface area contributed by atoms with Crippen molar-refractivity contribution in [1.29, 1.82) is 0 Å². The third kappa shape index (κ3) is 4.99. The lowest BCUT2D eigenvalue weighted by molar-refractivity contribution is -0.400. The molecule has 0 amide bonds. The molecule has 0 unspecified atom stereocenters. The minimum absolute atomic E-state index is 0.454. The summed E-state index contributed by atoms with van der Waals surface area (Å²) in [5, 5.41) is 10.8. The van der Waals surface area contributed by atoms with Gasteiger partial charge in [0.2, 0.25) is 6.20 Å². The normalized spacial score (nSPS) is 10.9. The van der Waals surface area contributed by atoms with Gasteiger partial charge >= 0.3 is 0 Å². The van der Waals surface area contributed by atoms with Crippen LogP contribution in [0.15, 0.2) is 83.9 Å². The summed E-state index contributed by atoms with van der Waals surface area (Å²) >= 11 is 1.64. The lowest BCUT2D eigenvalue weighted by atomic mass is 9.99. The third-order valence-corrected chi connectivity index (χ3v) is 4.84. The molecule has 0 saturated heterocycles. The van der Waals surface area contributed by atoms with Gasteiger partial charge < -0.3 is 4.74 Å². The molecule has 0 aliphatic heterocycles. The van der Waals surface area contributed by atoms with E-state index in [0.717, 1.165) is 39.1 Å². The molecule has 27 heavy (non-hydrogen) atoms. The van der Waals surface area contributed by atoms with Crippen LogP contribution in [0, 0.1) is 10.1 Å². The number of thioether (sulfide) groups is 1. The third-order valence-electron chi connectivity index (χ3n) is 4.05. The Hall–Kier alpha value is -3.05. The molecule has 3 aromatic rings. The van der Waals surface area contributed by atoms with Crippen molar-refractivity contribution in [3.05, 3.63) is 100 Å². The molecule has 0 spiro atoms. The van der Waals surface area contributed by atoms with Crippen LogP contribution >= 0.6 is 11.8 Å². The molecule has 0 aliphatic rings. The van der Waals surface area contributed by atoms with Crippen molar-refractivity contribution in [2.24, 2.45) is 0 Å². The zero-order valence-corrected chi connectivity index (χ0v) is 15.7. The van der Waals surface area contributed by atoms with Gasteiger partial charge in [-0.1, -0.05) is 54.6 Å². The van der Waals surface area contributed by atoms with Gasteiger partial charge in [0.25, 0.3) is 0 Å². The van der Waals surface area contributed by atoms with Crippen molar-refractivity contribution in [3.8, 4) is 16.9 Å². The van der Waals surface area contributed by atoms with E-state index in [-0.39, 0.29) is 0 Å². The maximum absolute atomic E-state index is 10.8. The van der Waals surface area contributed by atoms with Crippen molar-refractivity contribution in [2.45, 2.75) is 11.5 Å². The van der Waals surface area contributed by atoms with E-state index in [0.29, 0.717) is 6.61 Å². The largest absolute Gasteiger partial charge is 0.489 e. The second kappa shape index (κ2) is 9.05. The molecule has 0 aliphatic carbocycles. The highest BCUT2D eigenvalue weighted by atomic mass is 32.2. The fourth-order valence-corrected chi connectivity index (χ4v) is 3.37. The summed E-state index contributed by atoms with van der Waals surface area (Å²) in [6.07, 6.45) is 4.50. The van der Waals surface area contributed by atoms with Gasteiger partial charge in [-0.2, -0.15) is 0 Å². The smallest absolute Gasteiger partial charge is 0.235 e. The molecule has 0 radical (unpaired) electrons. The van der Waals surface area contributed by atoms with Crippen molar-refractivity contribution in [2.75, 3.05) is 6.26 Å². The molecule has 0 heterocycles. The fourth-order valence-electron chi connectivity index (χ4n) is 2.75. The first-order valence-electron chi connectivity index (χ1n) is 8.43. The Morgan fingerprint density at radius 3 is 2.48 bits per heavy atom. The van der Waals surface area contributed by atoms with Crippen LogP contribution in [0.3, 0.4) is 0 Å². The minimum atomic E-state index is -0.454. The summed E-state index contributed by atoms with van der Waals surface area (Å²) in [5.74, 6) is 0.725. The maximum Gasteiger partial charge on any atom is 0.235 e. The summed E-state index contributed by atoms with van der Waals surface area (Å²) in [6.45, 7) is 0.467. The lowest BCUT2D eigenvalue weighted by Gasteiger charge is -2.13. The molecule has 3 rings (SSSR count). The zero-order valence-electron chi connectivity index (χ0n) is 14.9. The predicted octanol–water partition coefficient (Wildman–Crippen LogP) is 5.90. The van der Waals surface area contributed by atoms with Crippen LogP contribution in [0.25, 0.3) is 17.2 Å². The van der Waals surface area contributed by atoms with Gasteiger partial charge in [0.15, 0.2) is 0 Å².